The first-order chi connectivity index (χ1) is 22.5. The van der Waals surface area contributed by atoms with E-state index in [4.69, 9.17) is 14.2 Å². The first kappa shape index (κ1) is 35.1. The second-order valence-electron chi connectivity index (χ2n) is 14.1. The molecular formula is C35H45N5O8. The van der Waals surface area contributed by atoms with Crippen molar-refractivity contribution in [3.63, 3.8) is 0 Å². The Kier molecular flexibility index (Phi) is 9.49. The molecule has 48 heavy (non-hydrogen) atoms. The zero-order valence-electron chi connectivity index (χ0n) is 29.0. The molecule has 1 fully saturated rings. The number of amides is 2. The third-order valence-corrected chi connectivity index (χ3v) is 9.95. The maximum atomic E-state index is 13.7. The van der Waals surface area contributed by atoms with Gasteiger partial charge in [0.1, 0.15) is 29.2 Å². The van der Waals surface area contributed by atoms with Gasteiger partial charge in [-0.05, 0) is 85.0 Å². The van der Waals surface area contributed by atoms with Gasteiger partial charge < -0.3 is 30.0 Å². The molecule has 13 heteroatoms. The predicted octanol–water partition coefficient (Wildman–Crippen LogP) is 2.84. The van der Waals surface area contributed by atoms with Crippen molar-refractivity contribution in [2.45, 2.75) is 103 Å². The summed E-state index contributed by atoms with van der Waals surface area (Å²) < 4.78 is 16.8. The van der Waals surface area contributed by atoms with Crippen LogP contribution in [0.4, 0.5) is 4.79 Å². The lowest BCUT2D eigenvalue weighted by molar-refractivity contribution is -0.134. The number of allylic oxidation sites excluding steroid dienone is 2. The van der Waals surface area contributed by atoms with E-state index in [2.05, 4.69) is 27.7 Å². The number of hydrogen-bond acceptors (Lipinski definition) is 11. The number of aliphatic hydroxyl groups excluding tert-OH is 1. The van der Waals surface area contributed by atoms with Crippen LogP contribution in [0.15, 0.2) is 28.5 Å². The maximum absolute atomic E-state index is 13.7. The minimum atomic E-state index is -0.996. The van der Waals surface area contributed by atoms with Gasteiger partial charge in [0.25, 0.3) is 0 Å². The van der Waals surface area contributed by atoms with Gasteiger partial charge in [-0.2, -0.15) is 5.26 Å². The number of nitriles is 1. The molecule has 2 amide bonds. The average Bonchev–Trinajstić information content (AvgIpc) is 3.01. The van der Waals surface area contributed by atoms with Crippen LogP contribution in [0.1, 0.15) is 69.3 Å². The number of ether oxygens (including phenoxy) is 3. The molecular weight excluding hydrogens is 618 g/mol. The van der Waals surface area contributed by atoms with Crippen LogP contribution < -0.4 is 15.4 Å². The number of benzene rings is 1. The first-order valence-corrected chi connectivity index (χ1v) is 16.2. The number of carbonyl (C=O) groups is 4. The van der Waals surface area contributed by atoms with E-state index in [9.17, 15) is 29.5 Å². The van der Waals surface area contributed by atoms with Gasteiger partial charge in [0.15, 0.2) is 6.79 Å². The number of Topliss-reactive ketones (excluding diaryl/α,β-unsaturated/α-hetero) is 2. The Labute approximate surface area is 280 Å². The second kappa shape index (κ2) is 13.0. The van der Waals surface area contributed by atoms with Crippen molar-refractivity contribution in [1.29, 1.82) is 5.26 Å². The number of nitrogens with one attached hydrogen (secondary N) is 2. The van der Waals surface area contributed by atoms with Crippen LogP contribution in [0, 0.1) is 25.2 Å². The topological polar surface area (TPSA) is 171 Å². The molecule has 1 unspecified atom stereocenters. The average molecular weight is 664 g/mol. The summed E-state index contributed by atoms with van der Waals surface area (Å²) in [6, 6.07) is 0.856. The third-order valence-electron chi connectivity index (χ3n) is 9.95. The summed E-state index contributed by atoms with van der Waals surface area (Å²) in [5.74, 6) is -1.71. The highest BCUT2D eigenvalue weighted by molar-refractivity contribution is 6.50. The number of carbonyl (C=O) groups excluding carboxylic acids is 4. The molecule has 3 heterocycles. The van der Waals surface area contributed by atoms with E-state index in [-0.39, 0.29) is 48.7 Å². The fourth-order valence-corrected chi connectivity index (χ4v) is 7.63. The Bertz CT molecular complexity index is 1670. The molecule has 1 aliphatic carbocycles. The van der Waals surface area contributed by atoms with Crippen molar-refractivity contribution in [2.75, 3.05) is 27.5 Å². The summed E-state index contributed by atoms with van der Waals surface area (Å²) in [6.45, 7) is 11.9. The van der Waals surface area contributed by atoms with Gasteiger partial charge in [-0.3, -0.25) is 24.2 Å². The van der Waals surface area contributed by atoms with E-state index in [1.807, 2.05) is 25.8 Å². The Balaban J connectivity index is 1.60. The van der Waals surface area contributed by atoms with E-state index >= 15 is 0 Å². The molecule has 13 nitrogen and oxygen atoms in total. The molecule has 4 aliphatic rings. The van der Waals surface area contributed by atoms with Crippen molar-refractivity contribution in [3.05, 3.63) is 50.8 Å². The van der Waals surface area contributed by atoms with Gasteiger partial charge in [0.05, 0.1) is 18.2 Å². The number of aryl methyl sites for hydroxylation is 1. The number of nitrogens with zero attached hydrogens (tertiary/aromatic N) is 3. The van der Waals surface area contributed by atoms with Crippen molar-refractivity contribution in [1.82, 2.24) is 20.4 Å². The summed E-state index contributed by atoms with van der Waals surface area (Å²) in [5, 5.41) is 27.4. The normalized spacial score (nSPS) is 26.2. The summed E-state index contributed by atoms with van der Waals surface area (Å²) in [7, 11) is 3.52. The van der Waals surface area contributed by atoms with Crippen LogP contribution in [0.5, 0.6) is 5.75 Å². The number of hydrogen-bond donors (Lipinski definition) is 3. The molecule has 258 valence electrons. The molecule has 0 aromatic heterocycles. The summed E-state index contributed by atoms with van der Waals surface area (Å²) >= 11 is 0. The highest BCUT2D eigenvalue weighted by Crippen LogP contribution is 2.53. The fourth-order valence-electron chi connectivity index (χ4n) is 7.63. The molecule has 5 rings (SSSR count). The zero-order chi connectivity index (χ0) is 35.4. The number of alkyl carbamates (subject to hydrolysis) is 1. The van der Waals surface area contributed by atoms with Crippen molar-refractivity contribution in [3.8, 4) is 11.8 Å². The Hall–Kier alpha value is -4.25. The van der Waals surface area contributed by atoms with Crippen LogP contribution in [-0.4, -0.2) is 102 Å². The SMILES string of the molecule is COCOc1c(C)c(C)cc2c1[C@@H]1C3CC4=C(C(=O)C(=O)C(C)=C4O)[C@H](CNC(=O)[C@H](C)NC(=O)OC(C)(C)C)N3[C@@H](C#N)[C@H](C2)N1C. The number of ketones is 2. The minimum Gasteiger partial charge on any atom is -0.507 e. The minimum absolute atomic E-state index is 0.0323. The van der Waals surface area contributed by atoms with Gasteiger partial charge >= 0.3 is 6.09 Å². The monoisotopic (exact) mass is 663 g/mol. The van der Waals surface area contributed by atoms with Crippen LogP contribution in [0.25, 0.3) is 0 Å². The van der Waals surface area contributed by atoms with Crippen LogP contribution in [0.3, 0.4) is 0 Å². The first-order valence-electron chi connectivity index (χ1n) is 16.2. The molecule has 2 bridgehead atoms. The van der Waals surface area contributed by atoms with Crippen molar-refractivity contribution < 1.29 is 38.5 Å². The number of methoxy groups -OCH3 is 1. The van der Waals surface area contributed by atoms with Crippen LogP contribution >= 0.6 is 0 Å². The molecule has 1 aromatic rings. The van der Waals surface area contributed by atoms with Gasteiger partial charge in [0.2, 0.25) is 17.5 Å². The number of aliphatic hydroxyl groups is 1. The largest absolute Gasteiger partial charge is 0.507 e. The lowest BCUT2D eigenvalue weighted by Gasteiger charge is -2.60. The van der Waals surface area contributed by atoms with Gasteiger partial charge in [-0.15, -0.1) is 0 Å². The number of fused-ring (bicyclic) bond motifs is 6. The highest BCUT2D eigenvalue weighted by Gasteiger charge is 2.57. The van der Waals surface area contributed by atoms with E-state index in [1.54, 1.807) is 27.9 Å². The zero-order valence-corrected chi connectivity index (χ0v) is 29.0. The quantitative estimate of drug-likeness (QED) is 0.223. The number of likely N-dealkylation sites (N-methyl/N-ethyl adjacent to an activating group) is 1. The van der Waals surface area contributed by atoms with Crippen LogP contribution in [0.2, 0.25) is 0 Å². The smallest absolute Gasteiger partial charge is 0.408 e. The lowest BCUT2D eigenvalue weighted by atomic mass is 9.69. The fraction of sp³-hybridized carbons (Fsp3) is 0.571. The molecule has 0 saturated carbocycles. The van der Waals surface area contributed by atoms with E-state index < -0.39 is 53.3 Å². The third kappa shape index (κ3) is 5.97. The van der Waals surface area contributed by atoms with Gasteiger partial charge in [-0.1, -0.05) is 6.07 Å². The number of piperazine rings is 1. The summed E-state index contributed by atoms with van der Waals surface area (Å²) in [6.07, 6.45) is -0.0690. The summed E-state index contributed by atoms with van der Waals surface area (Å²) in [4.78, 5) is 56.6. The Morgan fingerprint density at radius 3 is 2.46 bits per heavy atom. The molecule has 1 saturated heterocycles. The molecule has 0 spiro atoms. The predicted molar refractivity (Wildman–Crippen MR) is 174 cm³/mol. The van der Waals surface area contributed by atoms with E-state index in [0.717, 1.165) is 22.3 Å². The second-order valence-corrected chi connectivity index (χ2v) is 14.1. The van der Waals surface area contributed by atoms with Crippen molar-refractivity contribution >= 4 is 23.6 Å². The summed E-state index contributed by atoms with van der Waals surface area (Å²) in [5.41, 5.74) is 3.60. The van der Waals surface area contributed by atoms with Gasteiger partial charge in [-0.25, -0.2) is 4.79 Å². The molecule has 0 radical (unpaired) electrons. The Morgan fingerprint density at radius 2 is 1.83 bits per heavy atom. The standard InChI is InChI=1S/C35H45N5O8/c1-16-10-20-11-22-24(13-36)40-23(28(39(22)8)26(20)32(17(16)2)47-15-46-9)12-21-27(31(43)30(42)18(3)29(21)41)25(40)14-37-33(44)19(4)38-34(45)48-35(5,6)7/h10,19,22-25,28,41H,11-12,14-15H2,1-9H3,(H,37,44)(H,38,45)/t19-,22-,23?,24-,25-,28-/m0/s1. The van der Waals surface area contributed by atoms with Crippen LogP contribution in [-0.2, 0) is 30.3 Å². The number of rotatable bonds is 7. The van der Waals surface area contributed by atoms with Gasteiger partial charge in [0, 0.05) is 48.0 Å². The molecule has 1 aromatic carbocycles. The highest BCUT2D eigenvalue weighted by atomic mass is 16.7. The van der Waals surface area contributed by atoms with E-state index in [1.165, 1.54) is 13.8 Å². The lowest BCUT2D eigenvalue weighted by Crippen LogP contribution is -2.71. The van der Waals surface area contributed by atoms with Crippen molar-refractivity contribution in [2.24, 2.45) is 0 Å². The maximum Gasteiger partial charge on any atom is 0.408 e. The molecule has 3 N–H and O–H groups in total. The Morgan fingerprint density at radius 1 is 1.15 bits per heavy atom. The molecule has 6 atom stereocenters. The molecule has 3 aliphatic heterocycles. The van der Waals surface area contributed by atoms with E-state index in [0.29, 0.717) is 17.7 Å².